The van der Waals surface area contributed by atoms with E-state index in [4.69, 9.17) is 14.6 Å². The zero-order valence-corrected chi connectivity index (χ0v) is 19.1. The molecule has 0 saturated heterocycles. The van der Waals surface area contributed by atoms with Gasteiger partial charge in [0.1, 0.15) is 5.75 Å². The molecule has 1 aromatic carbocycles. The van der Waals surface area contributed by atoms with Crippen LogP contribution in [0.5, 0.6) is 5.75 Å². The number of rotatable bonds is 16. The maximum atomic E-state index is 11.6. The summed E-state index contributed by atoms with van der Waals surface area (Å²) in [6.07, 6.45) is 18.7. The van der Waals surface area contributed by atoms with Crippen molar-refractivity contribution in [1.29, 1.82) is 0 Å². The van der Waals surface area contributed by atoms with Crippen LogP contribution >= 0.6 is 0 Å². The van der Waals surface area contributed by atoms with Crippen LogP contribution in [0.3, 0.4) is 0 Å². The third-order valence-electron chi connectivity index (χ3n) is 4.64. The van der Waals surface area contributed by atoms with Gasteiger partial charge in [0, 0.05) is 18.2 Å². The summed E-state index contributed by atoms with van der Waals surface area (Å²) < 4.78 is 11.0. The molecule has 0 amide bonds. The second kappa shape index (κ2) is 17.1. The van der Waals surface area contributed by atoms with Gasteiger partial charge in [0.25, 0.3) is 0 Å². The molecule has 170 valence electrons. The first-order chi connectivity index (χ1) is 15.2. The van der Waals surface area contributed by atoms with E-state index < -0.39 is 0 Å². The minimum Gasteiger partial charge on any atom is -0.493 e. The van der Waals surface area contributed by atoms with Crippen molar-refractivity contribution in [3.8, 4) is 5.75 Å². The fraction of sp³-hybridized carbons (Fsp3) is 0.444. The second-order valence-corrected chi connectivity index (χ2v) is 7.23. The highest BCUT2D eigenvalue weighted by Crippen LogP contribution is 2.30. The summed E-state index contributed by atoms with van der Waals surface area (Å²) in [5.41, 5.74) is 2.86. The Bertz CT molecular complexity index is 744. The van der Waals surface area contributed by atoms with E-state index in [-0.39, 0.29) is 12.6 Å². The van der Waals surface area contributed by atoms with E-state index in [0.717, 1.165) is 35.3 Å². The van der Waals surface area contributed by atoms with Gasteiger partial charge in [0.2, 0.25) is 0 Å². The fourth-order valence-corrected chi connectivity index (χ4v) is 3.01. The van der Waals surface area contributed by atoms with Crippen LogP contribution in [0, 0.1) is 0 Å². The Morgan fingerprint density at radius 2 is 1.94 bits per heavy atom. The average Bonchev–Trinajstić information content (AvgIpc) is 2.77. The lowest BCUT2D eigenvalue weighted by Gasteiger charge is -2.13. The van der Waals surface area contributed by atoms with Crippen LogP contribution in [-0.2, 0) is 9.53 Å². The van der Waals surface area contributed by atoms with Crippen LogP contribution in [-0.4, -0.2) is 30.9 Å². The number of aliphatic hydroxyl groups excluding tert-OH is 1. The van der Waals surface area contributed by atoms with E-state index in [1.54, 1.807) is 19.1 Å². The topological polar surface area (TPSA) is 55.8 Å². The van der Waals surface area contributed by atoms with Gasteiger partial charge in [-0.3, -0.25) is 0 Å². The van der Waals surface area contributed by atoms with E-state index in [1.807, 2.05) is 24.3 Å². The summed E-state index contributed by atoms with van der Waals surface area (Å²) >= 11 is 0. The highest BCUT2D eigenvalue weighted by molar-refractivity contribution is 5.87. The molecule has 0 heterocycles. The summed E-state index contributed by atoms with van der Waals surface area (Å²) in [5, 5.41) is 9.02. The van der Waals surface area contributed by atoms with Crippen molar-refractivity contribution < 1.29 is 19.4 Å². The molecular weight excluding hydrogens is 388 g/mol. The number of carbonyl (C=O) groups is 1. The van der Waals surface area contributed by atoms with Crippen LogP contribution in [0.4, 0.5) is 0 Å². The highest BCUT2D eigenvalue weighted by atomic mass is 16.5. The maximum absolute atomic E-state index is 11.6. The minimum absolute atomic E-state index is 0.154. The van der Waals surface area contributed by atoms with Crippen molar-refractivity contribution in [3.63, 3.8) is 0 Å². The molecule has 0 aliphatic rings. The monoisotopic (exact) mass is 426 g/mol. The molecule has 0 spiro atoms. The summed E-state index contributed by atoms with van der Waals surface area (Å²) in [5.74, 6) is 0.378. The number of esters is 1. The minimum atomic E-state index is -0.366. The summed E-state index contributed by atoms with van der Waals surface area (Å²) in [6, 6.07) is 5.89. The van der Waals surface area contributed by atoms with Crippen LogP contribution in [0.15, 0.2) is 55.2 Å². The molecule has 0 bridgehead atoms. The smallest absolute Gasteiger partial charge is 0.330 e. The largest absolute Gasteiger partial charge is 0.493 e. The molecule has 4 nitrogen and oxygen atoms in total. The van der Waals surface area contributed by atoms with Crippen LogP contribution in [0.1, 0.15) is 69.9 Å². The number of aliphatic hydroxyl groups is 1. The molecule has 1 rings (SSSR count). The number of carbonyl (C=O) groups excluding carboxylic acids is 1. The zero-order chi connectivity index (χ0) is 22.7. The van der Waals surface area contributed by atoms with Gasteiger partial charge in [0.05, 0.1) is 13.2 Å². The standard InChI is InChI=1S/C27H38O4/c1-4-7-8-9-10-11-15-24(14-5-2)25-18-16-23(17-19-27(29)30-6-3)22-26(25)31-21-13-12-20-28/h5,11,14-19,22,28H,2,4,6-10,12-13,20-21H2,1,3H3/b15-11-,19-17+,24-14+. The Morgan fingerprint density at radius 1 is 1.10 bits per heavy atom. The Balaban J connectivity index is 3.06. The Morgan fingerprint density at radius 3 is 2.65 bits per heavy atom. The van der Waals surface area contributed by atoms with Gasteiger partial charge in [-0.25, -0.2) is 4.79 Å². The van der Waals surface area contributed by atoms with E-state index in [9.17, 15) is 4.79 Å². The second-order valence-electron chi connectivity index (χ2n) is 7.23. The van der Waals surface area contributed by atoms with Crippen LogP contribution in [0.2, 0.25) is 0 Å². The van der Waals surface area contributed by atoms with Gasteiger partial charge in [-0.2, -0.15) is 0 Å². The number of allylic oxidation sites excluding steroid dienone is 5. The lowest BCUT2D eigenvalue weighted by Crippen LogP contribution is -2.02. The molecule has 31 heavy (non-hydrogen) atoms. The van der Waals surface area contributed by atoms with Gasteiger partial charge in [0.15, 0.2) is 0 Å². The first kappa shape index (κ1) is 26.4. The molecule has 0 fully saturated rings. The number of ether oxygens (including phenoxy) is 2. The molecule has 0 aliphatic heterocycles. The van der Waals surface area contributed by atoms with E-state index in [1.165, 1.54) is 31.8 Å². The molecule has 1 aromatic rings. The number of hydrogen-bond donors (Lipinski definition) is 1. The van der Waals surface area contributed by atoms with E-state index in [0.29, 0.717) is 19.6 Å². The Labute approximate surface area is 188 Å². The van der Waals surface area contributed by atoms with Crippen molar-refractivity contribution in [2.24, 2.45) is 0 Å². The van der Waals surface area contributed by atoms with Crippen molar-refractivity contribution in [3.05, 3.63) is 66.3 Å². The van der Waals surface area contributed by atoms with Gasteiger partial charge in [-0.15, -0.1) is 0 Å². The SMILES string of the molecule is C=C/C=C(\C=C/CCCCCC)c1ccc(/C=C/C(=O)OCC)cc1OCCCCO. The Kier molecular flexibility index (Phi) is 14.6. The highest BCUT2D eigenvalue weighted by Gasteiger charge is 2.08. The van der Waals surface area contributed by atoms with Crippen molar-refractivity contribution >= 4 is 17.6 Å². The number of benzene rings is 1. The van der Waals surface area contributed by atoms with Gasteiger partial charge < -0.3 is 14.6 Å². The molecule has 4 heteroatoms. The van der Waals surface area contributed by atoms with E-state index >= 15 is 0 Å². The molecule has 0 unspecified atom stereocenters. The summed E-state index contributed by atoms with van der Waals surface area (Å²) in [7, 11) is 0. The number of hydrogen-bond acceptors (Lipinski definition) is 4. The molecule has 0 atom stereocenters. The van der Waals surface area contributed by atoms with Crippen molar-refractivity contribution in [2.45, 2.75) is 58.8 Å². The molecule has 0 aromatic heterocycles. The molecule has 0 radical (unpaired) electrons. The molecular formula is C27H38O4. The molecule has 0 aliphatic carbocycles. The predicted octanol–water partition coefficient (Wildman–Crippen LogP) is 6.51. The van der Waals surface area contributed by atoms with Gasteiger partial charge in [-0.05, 0) is 55.9 Å². The Hall–Kier alpha value is -2.59. The normalized spacial score (nSPS) is 11.9. The van der Waals surface area contributed by atoms with Gasteiger partial charge >= 0.3 is 5.97 Å². The van der Waals surface area contributed by atoms with Gasteiger partial charge in [-0.1, -0.05) is 69.2 Å². The quantitative estimate of drug-likeness (QED) is 0.142. The maximum Gasteiger partial charge on any atom is 0.330 e. The first-order valence-electron chi connectivity index (χ1n) is 11.4. The van der Waals surface area contributed by atoms with Crippen molar-refractivity contribution in [1.82, 2.24) is 0 Å². The number of unbranched alkanes of at least 4 members (excludes halogenated alkanes) is 5. The lowest BCUT2D eigenvalue weighted by molar-refractivity contribution is -0.137. The molecule has 0 saturated carbocycles. The van der Waals surface area contributed by atoms with Crippen LogP contribution < -0.4 is 4.74 Å². The summed E-state index contributed by atoms with van der Waals surface area (Å²) in [6.45, 7) is 8.87. The zero-order valence-electron chi connectivity index (χ0n) is 19.1. The first-order valence-corrected chi connectivity index (χ1v) is 11.4. The third kappa shape index (κ3) is 11.4. The lowest BCUT2D eigenvalue weighted by atomic mass is 10.0. The average molecular weight is 427 g/mol. The van der Waals surface area contributed by atoms with Crippen molar-refractivity contribution in [2.75, 3.05) is 19.8 Å². The summed E-state index contributed by atoms with van der Waals surface area (Å²) in [4.78, 5) is 11.6. The fourth-order valence-electron chi connectivity index (χ4n) is 3.01. The van der Waals surface area contributed by atoms with E-state index in [2.05, 4.69) is 25.7 Å². The predicted molar refractivity (Wildman–Crippen MR) is 130 cm³/mol. The third-order valence-corrected chi connectivity index (χ3v) is 4.64. The van der Waals surface area contributed by atoms with Crippen LogP contribution in [0.25, 0.3) is 11.6 Å². The molecule has 1 N–H and O–H groups in total.